The van der Waals surface area contributed by atoms with Crippen molar-refractivity contribution in [3.8, 4) is 0 Å². The Labute approximate surface area is 67.5 Å². The van der Waals surface area contributed by atoms with Crippen molar-refractivity contribution < 1.29 is 9.84 Å². The molecule has 0 bridgehead atoms. The molecule has 0 amide bonds. The standard InChI is InChI=1S/C8H17NO2/c1-6(9)11-8-4-2-7(10)3-5-8/h6-8,10H,2-5,9H2,1H3. The Morgan fingerprint density at radius 2 is 1.91 bits per heavy atom. The van der Waals surface area contributed by atoms with Gasteiger partial charge in [-0.15, -0.1) is 0 Å². The molecular weight excluding hydrogens is 142 g/mol. The molecule has 1 atom stereocenters. The summed E-state index contributed by atoms with van der Waals surface area (Å²) in [6.45, 7) is 1.84. The van der Waals surface area contributed by atoms with Crippen LogP contribution in [0.15, 0.2) is 0 Å². The Kier molecular flexibility index (Phi) is 3.30. The van der Waals surface area contributed by atoms with Crippen molar-refractivity contribution in [2.45, 2.75) is 51.0 Å². The number of aliphatic hydroxyl groups is 1. The maximum atomic E-state index is 9.17. The van der Waals surface area contributed by atoms with E-state index in [2.05, 4.69) is 0 Å². The van der Waals surface area contributed by atoms with Crippen LogP contribution in [-0.2, 0) is 4.74 Å². The minimum absolute atomic E-state index is 0.108. The summed E-state index contributed by atoms with van der Waals surface area (Å²) in [6.07, 6.45) is 3.61. The number of aliphatic hydroxyl groups excluding tert-OH is 1. The molecule has 66 valence electrons. The van der Waals surface area contributed by atoms with Crippen LogP contribution >= 0.6 is 0 Å². The third-order valence-corrected chi connectivity index (χ3v) is 2.05. The van der Waals surface area contributed by atoms with E-state index < -0.39 is 0 Å². The van der Waals surface area contributed by atoms with Gasteiger partial charge < -0.3 is 15.6 Å². The summed E-state index contributed by atoms with van der Waals surface area (Å²) in [5.41, 5.74) is 5.47. The second kappa shape index (κ2) is 4.04. The van der Waals surface area contributed by atoms with Crippen molar-refractivity contribution in [3.63, 3.8) is 0 Å². The molecular formula is C8H17NO2. The van der Waals surface area contributed by atoms with E-state index in [1.807, 2.05) is 6.92 Å². The van der Waals surface area contributed by atoms with E-state index >= 15 is 0 Å². The lowest BCUT2D eigenvalue weighted by atomic mass is 9.95. The molecule has 1 unspecified atom stereocenters. The van der Waals surface area contributed by atoms with Crippen LogP contribution in [-0.4, -0.2) is 23.5 Å². The van der Waals surface area contributed by atoms with Gasteiger partial charge in [0.2, 0.25) is 0 Å². The number of nitrogens with two attached hydrogens (primary N) is 1. The van der Waals surface area contributed by atoms with E-state index in [-0.39, 0.29) is 18.4 Å². The molecule has 0 aromatic rings. The molecule has 3 nitrogen and oxygen atoms in total. The lowest BCUT2D eigenvalue weighted by Gasteiger charge is -2.26. The molecule has 3 N–H and O–H groups in total. The third-order valence-electron chi connectivity index (χ3n) is 2.05. The van der Waals surface area contributed by atoms with Crippen LogP contribution in [0.5, 0.6) is 0 Å². The Hall–Kier alpha value is -0.120. The summed E-state index contributed by atoms with van der Waals surface area (Å²) in [7, 11) is 0. The molecule has 3 heteroatoms. The van der Waals surface area contributed by atoms with Gasteiger partial charge in [-0.2, -0.15) is 0 Å². The predicted molar refractivity (Wildman–Crippen MR) is 43.0 cm³/mol. The van der Waals surface area contributed by atoms with Gasteiger partial charge in [0, 0.05) is 0 Å². The molecule has 1 rings (SSSR count). The minimum atomic E-state index is -0.171. The Balaban J connectivity index is 2.17. The molecule has 1 aliphatic carbocycles. The Bertz CT molecular complexity index is 109. The minimum Gasteiger partial charge on any atom is -0.393 e. The summed E-state index contributed by atoms with van der Waals surface area (Å²) < 4.78 is 5.41. The molecule has 11 heavy (non-hydrogen) atoms. The zero-order valence-corrected chi connectivity index (χ0v) is 6.99. The fraction of sp³-hybridized carbons (Fsp3) is 1.00. The molecule has 0 heterocycles. The van der Waals surface area contributed by atoms with Crippen LogP contribution in [0.1, 0.15) is 32.6 Å². The number of hydrogen-bond acceptors (Lipinski definition) is 3. The van der Waals surface area contributed by atoms with Gasteiger partial charge in [-0.1, -0.05) is 0 Å². The van der Waals surface area contributed by atoms with Gasteiger partial charge in [-0.05, 0) is 32.6 Å². The topological polar surface area (TPSA) is 55.5 Å². The van der Waals surface area contributed by atoms with Crippen molar-refractivity contribution in [1.29, 1.82) is 0 Å². The Morgan fingerprint density at radius 1 is 1.36 bits per heavy atom. The molecule has 0 radical (unpaired) electrons. The van der Waals surface area contributed by atoms with E-state index in [1.165, 1.54) is 0 Å². The summed E-state index contributed by atoms with van der Waals surface area (Å²) in [5, 5.41) is 9.17. The molecule has 0 spiro atoms. The van der Waals surface area contributed by atoms with Crippen LogP contribution in [0.4, 0.5) is 0 Å². The quantitative estimate of drug-likeness (QED) is 0.580. The van der Waals surface area contributed by atoms with E-state index in [9.17, 15) is 5.11 Å². The van der Waals surface area contributed by atoms with Crippen LogP contribution in [0.3, 0.4) is 0 Å². The highest BCUT2D eigenvalue weighted by molar-refractivity contribution is 4.71. The van der Waals surface area contributed by atoms with Gasteiger partial charge >= 0.3 is 0 Å². The van der Waals surface area contributed by atoms with Crippen molar-refractivity contribution in [2.24, 2.45) is 5.73 Å². The molecule has 1 aliphatic rings. The summed E-state index contributed by atoms with van der Waals surface area (Å²) >= 11 is 0. The van der Waals surface area contributed by atoms with Gasteiger partial charge in [0.15, 0.2) is 0 Å². The lowest BCUT2D eigenvalue weighted by molar-refractivity contribution is -0.0380. The highest BCUT2D eigenvalue weighted by Crippen LogP contribution is 2.21. The average Bonchev–Trinajstić information content (AvgIpc) is 1.93. The van der Waals surface area contributed by atoms with E-state index in [4.69, 9.17) is 10.5 Å². The fourth-order valence-corrected chi connectivity index (χ4v) is 1.48. The lowest BCUT2D eigenvalue weighted by Crippen LogP contribution is -2.31. The monoisotopic (exact) mass is 159 g/mol. The van der Waals surface area contributed by atoms with Crippen molar-refractivity contribution in [1.82, 2.24) is 0 Å². The zero-order valence-electron chi connectivity index (χ0n) is 6.99. The number of ether oxygens (including phenoxy) is 1. The highest BCUT2D eigenvalue weighted by atomic mass is 16.5. The van der Waals surface area contributed by atoms with E-state index in [0.29, 0.717) is 0 Å². The van der Waals surface area contributed by atoms with Gasteiger partial charge in [-0.25, -0.2) is 0 Å². The number of hydrogen-bond donors (Lipinski definition) is 2. The van der Waals surface area contributed by atoms with Crippen molar-refractivity contribution in [3.05, 3.63) is 0 Å². The first kappa shape index (κ1) is 8.97. The number of rotatable bonds is 2. The second-order valence-electron chi connectivity index (χ2n) is 3.27. The summed E-state index contributed by atoms with van der Waals surface area (Å²) in [6, 6.07) is 0. The van der Waals surface area contributed by atoms with Crippen LogP contribution in [0, 0.1) is 0 Å². The smallest absolute Gasteiger partial charge is 0.103 e. The SMILES string of the molecule is CC(N)OC1CCC(O)CC1. The first-order chi connectivity index (χ1) is 5.18. The Morgan fingerprint density at radius 3 is 2.36 bits per heavy atom. The molecule has 0 aliphatic heterocycles. The summed E-state index contributed by atoms with van der Waals surface area (Å²) in [4.78, 5) is 0. The van der Waals surface area contributed by atoms with Crippen LogP contribution in [0.2, 0.25) is 0 Å². The molecule has 0 aromatic heterocycles. The predicted octanol–water partition coefficient (Wildman–Crippen LogP) is 0.611. The van der Waals surface area contributed by atoms with E-state index in [0.717, 1.165) is 25.7 Å². The summed E-state index contributed by atoms with van der Waals surface area (Å²) in [5.74, 6) is 0. The first-order valence-electron chi connectivity index (χ1n) is 4.27. The van der Waals surface area contributed by atoms with Crippen LogP contribution in [0.25, 0.3) is 0 Å². The molecule has 0 saturated heterocycles. The zero-order chi connectivity index (χ0) is 8.27. The maximum absolute atomic E-state index is 9.17. The second-order valence-corrected chi connectivity index (χ2v) is 3.27. The van der Waals surface area contributed by atoms with Crippen molar-refractivity contribution in [2.75, 3.05) is 0 Å². The van der Waals surface area contributed by atoms with Crippen molar-refractivity contribution >= 4 is 0 Å². The maximum Gasteiger partial charge on any atom is 0.103 e. The normalized spacial score (nSPS) is 35.2. The first-order valence-corrected chi connectivity index (χ1v) is 4.27. The molecule has 0 aromatic carbocycles. The third kappa shape index (κ3) is 3.18. The van der Waals surface area contributed by atoms with E-state index in [1.54, 1.807) is 0 Å². The van der Waals surface area contributed by atoms with Gasteiger partial charge in [-0.3, -0.25) is 0 Å². The fourth-order valence-electron chi connectivity index (χ4n) is 1.48. The average molecular weight is 159 g/mol. The van der Waals surface area contributed by atoms with Gasteiger partial charge in [0.05, 0.1) is 12.2 Å². The van der Waals surface area contributed by atoms with Gasteiger partial charge in [0.1, 0.15) is 6.23 Å². The largest absolute Gasteiger partial charge is 0.393 e. The highest BCUT2D eigenvalue weighted by Gasteiger charge is 2.20. The van der Waals surface area contributed by atoms with Gasteiger partial charge in [0.25, 0.3) is 0 Å². The molecule has 1 saturated carbocycles. The van der Waals surface area contributed by atoms with Crippen LogP contribution < -0.4 is 5.73 Å². The molecule has 1 fully saturated rings.